The number of carbonyl (C=O) groups excluding carboxylic acids is 1. The van der Waals surface area contributed by atoms with E-state index in [1.807, 2.05) is 30.3 Å². The monoisotopic (exact) mass is 352 g/mol. The first kappa shape index (κ1) is 18.2. The molecule has 0 spiro atoms. The quantitative estimate of drug-likeness (QED) is 0.777. The van der Waals surface area contributed by atoms with Gasteiger partial charge < -0.3 is 4.42 Å². The first-order valence-electron chi connectivity index (χ1n) is 7.27. The summed E-state index contributed by atoms with van der Waals surface area (Å²) in [5, 5.41) is -0.328. The zero-order valence-electron chi connectivity index (χ0n) is 13.7. The summed E-state index contributed by atoms with van der Waals surface area (Å²) in [4.78, 5) is 17.0. The summed E-state index contributed by atoms with van der Waals surface area (Å²) in [6, 6.07) is 11.8. The molecule has 0 atom stereocenters. The fraction of sp³-hybridized carbons (Fsp3) is 0.312. The number of rotatable bonds is 6. The van der Waals surface area contributed by atoms with Gasteiger partial charge in [0.05, 0.1) is 6.61 Å². The first-order valence-corrected chi connectivity index (χ1v) is 8.75. The van der Waals surface area contributed by atoms with Crippen LogP contribution in [0, 0.1) is 0 Å². The van der Waals surface area contributed by atoms with Gasteiger partial charge in [-0.2, -0.15) is 0 Å². The number of hydroxylamine groups is 1. The van der Waals surface area contributed by atoms with Crippen LogP contribution in [0.5, 0.6) is 0 Å². The van der Waals surface area contributed by atoms with E-state index < -0.39 is 21.5 Å². The van der Waals surface area contributed by atoms with Gasteiger partial charge in [0.1, 0.15) is 0 Å². The minimum atomic E-state index is -3.83. The molecule has 130 valence electrons. The molecule has 0 fully saturated rings. The maximum absolute atomic E-state index is 12.1. The van der Waals surface area contributed by atoms with Crippen LogP contribution in [0.2, 0.25) is 0 Å². The molecule has 0 aliphatic rings. The van der Waals surface area contributed by atoms with Crippen molar-refractivity contribution in [2.24, 2.45) is 0 Å². The van der Waals surface area contributed by atoms with Crippen LogP contribution < -0.4 is 10.2 Å². The molecular weight excluding hydrogens is 332 g/mol. The third kappa shape index (κ3) is 5.19. The highest BCUT2D eigenvalue weighted by molar-refractivity contribution is 7.89. The van der Waals surface area contributed by atoms with Crippen molar-refractivity contribution in [1.82, 2.24) is 10.2 Å². The molecule has 1 aromatic carbocycles. The Bertz CT molecular complexity index is 791. The van der Waals surface area contributed by atoms with E-state index in [0.717, 1.165) is 5.56 Å². The Morgan fingerprint density at radius 1 is 1.12 bits per heavy atom. The molecule has 0 radical (unpaired) electrons. The fourth-order valence-corrected chi connectivity index (χ4v) is 3.20. The predicted octanol–water partition coefficient (Wildman–Crippen LogP) is 2.22. The summed E-state index contributed by atoms with van der Waals surface area (Å²) in [5.41, 5.74) is 2.44. The van der Waals surface area contributed by atoms with E-state index in [9.17, 15) is 13.2 Å². The van der Waals surface area contributed by atoms with Gasteiger partial charge in [-0.25, -0.2) is 18.6 Å². The van der Waals surface area contributed by atoms with Gasteiger partial charge in [0.15, 0.2) is 5.76 Å². The molecular formula is C16H20N2O5S. The number of nitrogens with one attached hydrogen (secondary N) is 2. The van der Waals surface area contributed by atoms with E-state index in [-0.39, 0.29) is 17.5 Å². The Hall–Kier alpha value is -2.16. The summed E-state index contributed by atoms with van der Waals surface area (Å²) in [5.74, 6) is -0.819. The van der Waals surface area contributed by atoms with Crippen molar-refractivity contribution in [3.8, 4) is 0 Å². The third-order valence-corrected chi connectivity index (χ3v) is 4.39. The van der Waals surface area contributed by atoms with Gasteiger partial charge in [-0.1, -0.05) is 30.3 Å². The molecule has 2 aromatic rings. The molecule has 0 bridgehead atoms. The summed E-state index contributed by atoms with van der Waals surface area (Å²) < 4.78 is 31.8. The van der Waals surface area contributed by atoms with Gasteiger partial charge in [0.25, 0.3) is 10.0 Å². The lowest BCUT2D eigenvalue weighted by atomic mass is 10.1. The van der Waals surface area contributed by atoms with Crippen LogP contribution in [0.25, 0.3) is 0 Å². The van der Waals surface area contributed by atoms with Crippen LogP contribution in [-0.2, 0) is 21.5 Å². The van der Waals surface area contributed by atoms with Crippen LogP contribution >= 0.6 is 0 Å². The summed E-state index contributed by atoms with van der Waals surface area (Å²) in [6.45, 7) is 5.31. The van der Waals surface area contributed by atoms with Crippen LogP contribution in [0.4, 0.5) is 0 Å². The number of carbonyl (C=O) groups is 1. The van der Waals surface area contributed by atoms with Crippen LogP contribution in [0.15, 0.2) is 52.0 Å². The number of furan rings is 1. The zero-order valence-corrected chi connectivity index (χ0v) is 14.5. The molecule has 8 heteroatoms. The molecule has 1 aromatic heterocycles. The summed E-state index contributed by atoms with van der Waals surface area (Å²) >= 11 is 0. The highest BCUT2D eigenvalue weighted by Gasteiger charge is 2.26. The molecule has 2 N–H and O–H groups in total. The number of hydrogen-bond donors (Lipinski definition) is 2. The van der Waals surface area contributed by atoms with Crippen LogP contribution in [0.3, 0.4) is 0 Å². The molecule has 2 rings (SSSR count). The van der Waals surface area contributed by atoms with Crippen LogP contribution in [0.1, 0.15) is 36.9 Å². The maximum Gasteiger partial charge on any atom is 0.310 e. The molecule has 1 amide bonds. The van der Waals surface area contributed by atoms with Crippen molar-refractivity contribution in [2.45, 2.75) is 38.0 Å². The zero-order chi connectivity index (χ0) is 17.8. The molecule has 0 saturated heterocycles. The van der Waals surface area contributed by atoms with Gasteiger partial charge in [-0.3, -0.25) is 9.63 Å². The molecule has 24 heavy (non-hydrogen) atoms. The number of sulfonamides is 1. The van der Waals surface area contributed by atoms with Gasteiger partial charge in [0.2, 0.25) is 5.09 Å². The van der Waals surface area contributed by atoms with Gasteiger partial charge >= 0.3 is 5.91 Å². The summed E-state index contributed by atoms with van der Waals surface area (Å²) in [7, 11) is -3.83. The lowest BCUT2D eigenvalue weighted by Gasteiger charge is -2.18. The molecule has 7 nitrogen and oxygen atoms in total. The van der Waals surface area contributed by atoms with E-state index >= 15 is 0 Å². The second-order valence-electron chi connectivity index (χ2n) is 6.18. The van der Waals surface area contributed by atoms with Crippen molar-refractivity contribution >= 4 is 15.9 Å². The van der Waals surface area contributed by atoms with E-state index in [1.54, 1.807) is 20.8 Å². The first-order chi connectivity index (χ1) is 11.2. The lowest BCUT2D eigenvalue weighted by Crippen LogP contribution is -2.40. The van der Waals surface area contributed by atoms with Gasteiger partial charge in [0, 0.05) is 5.54 Å². The minimum Gasteiger partial charge on any atom is -0.438 e. The topological polar surface area (TPSA) is 97.6 Å². The highest BCUT2D eigenvalue weighted by atomic mass is 32.2. The highest BCUT2D eigenvalue weighted by Crippen LogP contribution is 2.16. The fourth-order valence-electron chi connectivity index (χ4n) is 1.85. The summed E-state index contributed by atoms with van der Waals surface area (Å²) in [6.07, 6.45) is 0. The Labute approximate surface area is 141 Å². The molecule has 0 aliphatic heterocycles. The van der Waals surface area contributed by atoms with Gasteiger partial charge in [-0.05, 0) is 38.5 Å². The van der Waals surface area contributed by atoms with Crippen molar-refractivity contribution in [3.05, 3.63) is 53.8 Å². The number of hydrogen-bond acceptors (Lipinski definition) is 5. The largest absolute Gasteiger partial charge is 0.438 e. The Morgan fingerprint density at radius 2 is 1.79 bits per heavy atom. The Kier molecular flexibility index (Phi) is 5.43. The van der Waals surface area contributed by atoms with Crippen molar-refractivity contribution in [1.29, 1.82) is 0 Å². The van der Waals surface area contributed by atoms with Crippen molar-refractivity contribution < 1.29 is 22.5 Å². The molecule has 0 aliphatic carbocycles. The normalized spacial score (nSPS) is 12.1. The second-order valence-corrected chi connectivity index (χ2v) is 7.79. The predicted molar refractivity (Wildman–Crippen MR) is 87.5 cm³/mol. The smallest absolute Gasteiger partial charge is 0.310 e. The number of amides is 1. The van der Waals surface area contributed by atoms with Crippen molar-refractivity contribution in [2.75, 3.05) is 0 Å². The standard InChI is InChI=1S/C16H20N2O5S/c1-16(2,3)18-24(20,21)14-10-9-13(23-14)15(19)17-22-11-12-7-5-4-6-8-12/h4-10,18H,11H2,1-3H3,(H,17,19). The van der Waals surface area contributed by atoms with Gasteiger partial charge in [-0.15, -0.1) is 0 Å². The molecule has 1 heterocycles. The number of benzene rings is 1. The average molecular weight is 352 g/mol. The SMILES string of the molecule is CC(C)(C)NS(=O)(=O)c1ccc(C(=O)NOCc2ccccc2)o1. The molecule has 0 saturated carbocycles. The third-order valence-electron chi connectivity index (χ3n) is 2.76. The average Bonchev–Trinajstić information content (AvgIpc) is 2.96. The molecule has 0 unspecified atom stereocenters. The Morgan fingerprint density at radius 3 is 2.42 bits per heavy atom. The van der Waals surface area contributed by atoms with E-state index in [0.29, 0.717) is 0 Å². The Balaban J connectivity index is 1.96. The minimum absolute atomic E-state index is 0.155. The lowest BCUT2D eigenvalue weighted by molar-refractivity contribution is 0.0209. The van der Waals surface area contributed by atoms with E-state index in [4.69, 9.17) is 9.25 Å². The maximum atomic E-state index is 12.1. The second kappa shape index (κ2) is 7.16. The van der Waals surface area contributed by atoms with Crippen LogP contribution in [-0.4, -0.2) is 19.9 Å². The van der Waals surface area contributed by atoms with Crippen molar-refractivity contribution in [3.63, 3.8) is 0 Å². The van der Waals surface area contributed by atoms with E-state index in [1.165, 1.54) is 12.1 Å². The van der Waals surface area contributed by atoms with E-state index in [2.05, 4.69) is 10.2 Å².